The Hall–Kier alpha value is -0.830. The van der Waals surface area contributed by atoms with Crippen LogP contribution in [0.1, 0.15) is 24.4 Å². The van der Waals surface area contributed by atoms with Gasteiger partial charge in [-0.05, 0) is 26.7 Å². The first-order chi connectivity index (χ1) is 6.63. The van der Waals surface area contributed by atoms with E-state index in [0.717, 1.165) is 30.2 Å². The Morgan fingerprint density at radius 1 is 1.43 bits per heavy atom. The van der Waals surface area contributed by atoms with E-state index in [1.54, 1.807) is 0 Å². The van der Waals surface area contributed by atoms with Crippen molar-refractivity contribution in [2.45, 2.75) is 32.2 Å². The zero-order chi connectivity index (χ0) is 10.2. The second kappa shape index (κ2) is 3.39. The first-order valence-corrected chi connectivity index (χ1v) is 5.33. The summed E-state index contributed by atoms with van der Waals surface area (Å²) in [5.74, 6) is 2.35. The van der Waals surface area contributed by atoms with Crippen LogP contribution in [-0.2, 0) is 0 Å². The molecule has 1 N–H and O–H groups in total. The molecule has 1 aliphatic carbocycles. The van der Waals surface area contributed by atoms with E-state index < -0.39 is 0 Å². The summed E-state index contributed by atoms with van der Waals surface area (Å²) in [6, 6.07) is 1.96. The molecule has 0 aromatic carbocycles. The van der Waals surface area contributed by atoms with E-state index >= 15 is 0 Å². The topological polar surface area (TPSA) is 37.8 Å². The minimum Gasteiger partial charge on any atom is -0.363 e. The first-order valence-electron chi connectivity index (χ1n) is 4.80. The molecular weight excluding hydrogens is 198 g/mol. The molecule has 1 fully saturated rings. The van der Waals surface area contributed by atoms with Gasteiger partial charge in [0.15, 0.2) is 0 Å². The molecule has 0 spiro atoms. The van der Waals surface area contributed by atoms with Crippen molar-refractivity contribution in [3.05, 3.63) is 17.6 Å². The normalized spacial score (nSPS) is 17.9. The number of aromatic nitrogens is 2. The molecule has 3 nitrogen and oxygen atoms in total. The molecule has 1 aliphatic rings. The van der Waals surface area contributed by atoms with Gasteiger partial charge in [0.2, 0.25) is 0 Å². The minimum absolute atomic E-state index is 0.106. The van der Waals surface area contributed by atoms with Crippen LogP contribution in [0, 0.1) is 13.8 Å². The number of hydrogen-bond acceptors (Lipinski definition) is 3. The van der Waals surface area contributed by atoms with Gasteiger partial charge in [0, 0.05) is 17.6 Å². The van der Waals surface area contributed by atoms with E-state index in [-0.39, 0.29) is 5.54 Å². The van der Waals surface area contributed by atoms with Gasteiger partial charge in [0.25, 0.3) is 0 Å². The molecule has 0 atom stereocenters. The van der Waals surface area contributed by atoms with E-state index in [1.807, 2.05) is 19.9 Å². The standard InChI is InChI=1S/C10H14ClN3/c1-7-5-9(13-8(2)12-7)14-10(6-11)3-4-10/h5H,3-4,6H2,1-2H3,(H,12,13,14). The van der Waals surface area contributed by atoms with Gasteiger partial charge >= 0.3 is 0 Å². The molecule has 76 valence electrons. The highest BCUT2D eigenvalue weighted by Gasteiger charge is 2.42. The maximum Gasteiger partial charge on any atom is 0.130 e. The first kappa shape index (κ1) is 9.71. The predicted octanol–water partition coefficient (Wildman–Crippen LogP) is 2.28. The van der Waals surface area contributed by atoms with Crippen molar-refractivity contribution in [3.63, 3.8) is 0 Å². The van der Waals surface area contributed by atoms with Crippen molar-refractivity contribution in [1.29, 1.82) is 0 Å². The fourth-order valence-electron chi connectivity index (χ4n) is 1.50. The number of nitrogens with zero attached hydrogens (tertiary/aromatic N) is 2. The van der Waals surface area contributed by atoms with E-state index in [2.05, 4.69) is 15.3 Å². The highest BCUT2D eigenvalue weighted by Crippen LogP contribution is 2.39. The van der Waals surface area contributed by atoms with Gasteiger partial charge in [0.1, 0.15) is 11.6 Å². The van der Waals surface area contributed by atoms with Gasteiger partial charge in [-0.15, -0.1) is 11.6 Å². The summed E-state index contributed by atoms with van der Waals surface area (Å²) in [6.45, 7) is 3.87. The van der Waals surface area contributed by atoms with Crippen molar-refractivity contribution in [3.8, 4) is 0 Å². The monoisotopic (exact) mass is 211 g/mol. The molecule has 4 heteroatoms. The molecule has 1 saturated carbocycles. The maximum atomic E-state index is 5.88. The Morgan fingerprint density at radius 2 is 2.14 bits per heavy atom. The molecule has 14 heavy (non-hydrogen) atoms. The summed E-state index contributed by atoms with van der Waals surface area (Å²) in [5, 5.41) is 3.38. The van der Waals surface area contributed by atoms with Gasteiger partial charge in [0.05, 0.1) is 5.54 Å². The van der Waals surface area contributed by atoms with E-state index in [9.17, 15) is 0 Å². The van der Waals surface area contributed by atoms with Gasteiger partial charge in [-0.25, -0.2) is 9.97 Å². The molecule has 0 bridgehead atoms. The number of nitrogens with one attached hydrogen (secondary N) is 1. The predicted molar refractivity (Wildman–Crippen MR) is 57.8 cm³/mol. The van der Waals surface area contributed by atoms with Gasteiger partial charge in [-0.3, -0.25) is 0 Å². The van der Waals surface area contributed by atoms with Crippen molar-refractivity contribution in [2.75, 3.05) is 11.2 Å². The van der Waals surface area contributed by atoms with Crippen LogP contribution in [0.15, 0.2) is 6.07 Å². The van der Waals surface area contributed by atoms with Crippen LogP contribution in [0.3, 0.4) is 0 Å². The van der Waals surface area contributed by atoms with Crippen LogP contribution < -0.4 is 5.32 Å². The van der Waals surface area contributed by atoms with Crippen LogP contribution in [0.25, 0.3) is 0 Å². The number of anilines is 1. The molecule has 0 radical (unpaired) electrons. The quantitative estimate of drug-likeness (QED) is 0.780. The van der Waals surface area contributed by atoms with E-state index in [4.69, 9.17) is 11.6 Å². The van der Waals surface area contributed by atoms with Crippen LogP contribution in [0.4, 0.5) is 5.82 Å². The van der Waals surface area contributed by atoms with E-state index in [0.29, 0.717) is 5.88 Å². The molecule has 1 aromatic heterocycles. The Bertz CT molecular complexity index is 327. The third-order valence-corrected chi connectivity index (χ3v) is 2.98. The summed E-state index contributed by atoms with van der Waals surface area (Å²) < 4.78 is 0. The third kappa shape index (κ3) is 1.98. The molecular formula is C10H14ClN3. The fourth-order valence-corrected chi connectivity index (χ4v) is 1.83. The molecule has 2 rings (SSSR count). The molecule has 0 saturated heterocycles. The Morgan fingerprint density at radius 3 is 2.64 bits per heavy atom. The number of halogens is 1. The molecule has 0 unspecified atom stereocenters. The third-order valence-electron chi connectivity index (χ3n) is 2.47. The maximum absolute atomic E-state index is 5.88. The highest BCUT2D eigenvalue weighted by atomic mass is 35.5. The highest BCUT2D eigenvalue weighted by molar-refractivity contribution is 6.19. The Kier molecular flexibility index (Phi) is 2.35. The van der Waals surface area contributed by atoms with Crippen molar-refractivity contribution in [1.82, 2.24) is 9.97 Å². The Balaban J connectivity index is 2.16. The number of alkyl halides is 1. The van der Waals surface area contributed by atoms with Gasteiger partial charge in [-0.1, -0.05) is 0 Å². The van der Waals surface area contributed by atoms with Crippen LogP contribution >= 0.6 is 11.6 Å². The molecule has 0 aliphatic heterocycles. The number of aryl methyl sites for hydroxylation is 2. The average molecular weight is 212 g/mol. The van der Waals surface area contributed by atoms with Crippen LogP contribution in [-0.4, -0.2) is 21.4 Å². The Labute approximate surface area is 88.9 Å². The minimum atomic E-state index is 0.106. The summed E-state index contributed by atoms with van der Waals surface area (Å²) in [5.41, 5.74) is 1.10. The second-order valence-corrected chi connectivity index (χ2v) is 4.25. The molecule has 1 heterocycles. The van der Waals surface area contributed by atoms with Gasteiger partial charge in [-0.2, -0.15) is 0 Å². The number of rotatable bonds is 3. The summed E-state index contributed by atoms with van der Waals surface area (Å²) in [6.07, 6.45) is 2.27. The smallest absolute Gasteiger partial charge is 0.130 e. The molecule has 0 amide bonds. The van der Waals surface area contributed by atoms with Gasteiger partial charge < -0.3 is 5.32 Å². The lowest BCUT2D eigenvalue weighted by Crippen LogP contribution is -2.23. The summed E-state index contributed by atoms with van der Waals surface area (Å²) >= 11 is 5.88. The van der Waals surface area contributed by atoms with Crippen LogP contribution in [0.5, 0.6) is 0 Å². The zero-order valence-corrected chi connectivity index (χ0v) is 9.23. The number of hydrogen-bond donors (Lipinski definition) is 1. The lowest BCUT2D eigenvalue weighted by atomic mass is 10.3. The van der Waals surface area contributed by atoms with Crippen LogP contribution in [0.2, 0.25) is 0 Å². The largest absolute Gasteiger partial charge is 0.363 e. The summed E-state index contributed by atoms with van der Waals surface area (Å²) in [4.78, 5) is 8.55. The lowest BCUT2D eigenvalue weighted by molar-refractivity contribution is 0.822. The van der Waals surface area contributed by atoms with Crippen molar-refractivity contribution < 1.29 is 0 Å². The average Bonchev–Trinajstić information content (AvgIpc) is 2.83. The summed E-state index contributed by atoms with van der Waals surface area (Å²) in [7, 11) is 0. The van der Waals surface area contributed by atoms with Crippen molar-refractivity contribution >= 4 is 17.4 Å². The van der Waals surface area contributed by atoms with E-state index in [1.165, 1.54) is 0 Å². The van der Waals surface area contributed by atoms with Crippen molar-refractivity contribution in [2.24, 2.45) is 0 Å². The molecule has 1 aromatic rings. The zero-order valence-electron chi connectivity index (χ0n) is 8.47. The fraction of sp³-hybridized carbons (Fsp3) is 0.600. The second-order valence-electron chi connectivity index (χ2n) is 3.98. The SMILES string of the molecule is Cc1cc(NC2(CCl)CC2)nc(C)n1. The lowest BCUT2D eigenvalue weighted by Gasteiger charge is -2.15.